The Morgan fingerprint density at radius 1 is 0.700 bits per heavy atom. The van der Waals surface area contributed by atoms with Crippen LogP contribution in [0, 0.1) is 5.82 Å². The summed E-state index contributed by atoms with van der Waals surface area (Å²) in [7, 11) is 0. The first kappa shape index (κ1) is 19.4. The van der Waals surface area contributed by atoms with Crippen LogP contribution in [0.15, 0.2) is 108 Å². The highest BCUT2D eigenvalue weighted by atomic mass is 19.1. The molecule has 30 heavy (non-hydrogen) atoms. The van der Waals surface area contributed by atoms with Gasteiger partial charge >= 0.3 is 0 Å². The van der Waals surface area contributed by atoms with E-state index in [0.29, 0.717) is 11.3 Å². The van der Waals surface area contributed by atoms with Gasteiger partial charge in [-0.05, 0) is 60.2 Å². The van der Waals surface area contributed by atoms with Gasteiger partial charge in [-0.25, -0.2) is 4.39 Å². The van der Waals surface area contributed by atoms with Gasteiger partial charge in [0.1, 0.15) is 29.7 Å². The summed E-state index contributed by atoms with van der Waals surface area (Å²) in [5.41, 5.74) is 2.23. The van der Waals surface area contributed by atoms with Gasteiger partial charge in [0.2, 0.25) is 0 Å². The summed E-state index contributed by atoms with van der Waals surface area (Å²) in [5, 5.41) is 0. The number of rotatable bonds is 7. The summed E-state index contributed by atoms with van der Waals surface area (Å²) in [6, 6.07) is 31.3. The third-order valence-electron chi connectivity index (χ3n) is 4.39. The van der Waals surface area contributed by atoms with Crippen LogP contribution in [0.5, 0.6) is 17.2 Å². The topological polar surface area (TPSA) is 30.8 Å². The molecule has 0 amide bonds. The average Bonchev–Trinajstić information content (AvgIpc) is 2.79. The first-order valence-corrected chi connectivity index (χ1v) is 9.59. The maximum absolute atomic E-state index is 13.7. The number of hydrogen-bond donors (Lipinski definition) is 0. The molecular formula is C26H20FNO2. The molecule has 3 nitrogen and oxygen atoms in total. The van der Waals surface area contributed by atoms with Gasteiger partial charge in [0, 0.05) is 11.8 Å². The summed E-state index contributed by atoms with van der Waals surface area (Å²) < 4.78 is 25.2. The largest absolute Gasteiger partial charge is 0.489 e. The van der Waals surface area contributed by atoms with Crippen LogP contribution in [0.25, 0.3) is 0 Å². The number of para-hydroxylation sites is 1. The molecule has 0 heterocycles. The Morgan fingerprint density at radius 2 is 1.40 bits per heavy atom. The zero-order chi connectivity index (χ0) is 20.6. The number of nitrogens with zero attached hydrogens (tertiary/aromatic N) is 1. The maximum atomic E-state index is 13.7. The summed E-state index contributed by atoms with van der Waals surface area (Å²) in [4.78, 5) is 4.50. The van der Waals surface area contributed by atoms with E-state index in [4.69, 9.17) is 9.47 Å². The van der Waals surface area contributed by atoms with Crippen LogP contribution < -0.4 is 9.47 Å². The first-order valence-electron chi connectivity index (χ1n) is 9.59. The molecule has 4 rings (SSSR count). The minimum absolute atomic E-state index is 0.177. The Bertz CT molecular complexity index is 1130. The SMILES string of the molecule is Fc1ccccc1COc1cccc(C=Nc2ccc(Oc3ccccc3)cc2)c1. The molecule has 0 atom stereocenters. The van der Waals surface area contributed by atoms with Gasteiger partial charge in [-0.2, -0.15) is 0 Å². The molecule has 0 unspecified atom stereocenters. The van der Waals surface area contributed by atoms with Crippen LogP contribution in [0.2, 0.25) is 0 Å². The van der Waals surface area contributed by atoms with E-state index < -0.39 is 0 Å². The van der Waals surface area contributed by atoms with E-state index in [1.54, 1.807) is 24.4 Å². The first-order chi connectivity index (χ1) is 14.8. The van der Waals surface area contributed by atoms with Crippen molar-refractivity contribution in [2.75, 3.05) is 0 Å². The molecule has 148 valence electrons. The van der Waals surface area contributed by atoms with Crippen LogP contribution in [0.1, 0.15) is 11.1 Å². The lowest BCUT2D eigenvalue weighted by Crippen LogP contribution is -1.98. The van der Waals surface area contributed by atoms with Crippen molar-refractivity contribution in [1.29, 1.82) is 0 Å². The van der Waals surface area contributed by atoms with E-state index in [9.17, 15) is 4.39 Å². The van der Waals surface area contributed by atoms with E-state index in [2.05, 4.69) is 4.99 Å². The monoisotopic (exact) mass is 397 g/mol. The van der Waals surface area contributed by atoms with Crippen LogP contribution in [-0.4, -0.2) is 6.21 Å². The lowest BCUT2D eigenvalue weighted by atomic mass is 10.2. The number of ether oxygens (including phenoxy) is 2. The molecule has 0 aliphatic rings. The smallest absolute Gasteiger partial charge is 0.129 e. The number of aliphatic imine (C=N–C) groups is 1. The van der Waals surface area contributed by atoms with Crippen LogP contribution >= 0.6 is 0 Å². The van der Waals surface area contributed by atoms with E-state index in [0.717, 1.165) is 22.7 Å². The fraction of sp³-hybridized carbons (Fsp3) is 0.0385. The van der Waals surface area contributed by atoms with Crippen molar-refractivity contribution in [1.82, 2.24) is 0 Å². The molecule has 0 bridgehead atoms. The third kappa shape index (κ3) is 5.32. The molecule has 4 heteroatoms. The lowest BCUT2D eigenvalue weighted by Gasteiger charge is -2.07. The molecular weight excluding hydrogens is 377 g/mol. The van der Waals surface area contributed by atoms with E-state index in [1.807, 2.05) is 78.9 Å². The maximum Gasteiger partial charge on any atom is 0.129 e. The Labute approximate surface area is 175 Å². The highest BCUT2D eigenvalue weighted by Crippen LogP contribution is 2.24. The average molecular weight is 397 g/mol. The third-order valence-corrected chi connectivity index (χ3v) is 4.39. The van der Waals surface area contributed by atoms with Crippen molar-refractivity contribution in [3.05, 3.63) is 120 Å². The molecule has 0 aromatic heterocycles. The second-order valence-electron chi connectivity index (χ2n) is 6.62. The molecule has 4 aromatic rings. The van der Waals surface area contributed by atoms with Gasteiger partial charge in [0.15, 0.2) is 0 Å². The lowest BCUT2D eigenvalue weighted by molar-refractivity contribution is 0.300. The van der Waals surface area contributed by atoms with Crippen LogP contribution in [0.3, 0.4) is 0 Å². The summed E-state index contributed by atoms with van der Waals surface area (Å²) in [5.74, 6) is 1.94. The highest BCUT2D eigenvalue weighted by Gasteiger charge is 2.02. The van der Waals surface area contributed by atoms with E-state index >= 15 is 0 Å². The van der Waals surface area contributed by atoms with Crippen molar-refractivity contribution < 1.29 is 13.9 Å². The molecule has 0 fully saturated rings. The second-order valence-corrected chi connectivity index (χ2v) is 6.62. The Balaban J connectivity index is 1.38. The van der Waals surface area contributed by atoms with Gasteiger partial charge in [0.25, 0.3) is 0 Å². The Morgan fingerprint density at radius 3 is 2.20 bits per heavy atom. The predicted molar refractivity (Wildman–Crippen MR) is 117 cm³/mol. The molecule has 0 aliphatic carbocycles. The predicted octanol–water partition coefficient (Wildman–Crippen LogP) is 6.95. The van der Waals surface area contributed by atoms with Crippen molar-refractivity contribution in [2.45, 2.75) is 6.61 Å². The minimum Gasteiger partial charge on any atom is -0.489 e. The fourth-order valence-electron chi connectivity index (χ4n) is 2.84. The number of halogens is 1. The summed E-state index contributed by atoms with van der Waals surface area (Å²) >= 11 is 0. The number of benzene rings is 4. The van der Waals surface area contributed by atoms with Gasteiger partial charge in [-0.15, -0.1) is 0 Å². The van der Waals surface area contributed by atoms with Crippen LogP contribution in [0.4, 0.5) is 10.1 Å². The van der Waals surface area contributed by atoms with E-state index in [-0.39, 0.29) is 12.4 Å². The molecule has 0 saturated carbocycles. The molecule has 0 radical (unpaired) electrons. The van der Waals surface area contributed by atoms with Gasteiger partial charge in [0.05, 0.1) is 5.69 Å². The van der Waals surface area contributed by atoms with Crippen molar-refractivity contribution in [2.24, 2.45) is 4.99 Å². The fourth-order valence-corrected chi connectivity index (χ4v) is 2.84. The van der Waals surface area contributed by atoms with Crippen molar-refractivity contribution in [3.63, 3.8) is 0 Å². The molecule has 0 N–H and O–H groups in total. The van der Waals surface area contributed by atoms with Gasteiger partial charge in [-0.3, -0.25) is 4.99 Å². The summed E-state index contributed by atoms with van der Waals surface area (Å²) in [6.07, 6.45) is 1.77. The zero-order valence-corrected chi connectivity index (χ0v) is 16.2. The highest BCUT2D eigenvalue weighted by molar-refractivity contribution is 5.82. The Kier molecular flexibility index (Phi) is 6.16. The van der Waals surface area contributed by atoms with Gasteiger partial charge in [-0.1, -0.05) is 48.5 Å². The normalized spacial score (nSPS) is 10.8. The van der Waals surface area contributed by atoms with Crippen molar-refractivity contribution >= 4 is 11.9 Å². The van der Waals surface area contributed by atoms with Gasteiger partial charge < -0.3 is 9.47 Å². The number of hydrogen-bond acceptors (Lipinski definition) is 3. The van der Waals surface area contributed by atoms with Crippen molar-refractivity contribution in [3.8, 4) is 17.2 Å². The quantitative estimate of drug-likeness (QED) is 0.316. The molecule has 0 saturated heterocycles. The zero-order valence-electron chi connectivity index (χ0n) is 16.2. The Hall–Kier alpha value is -3.92. The van der Waals surface area contributed by atoms with Crippen LogP contribution in [-0.2, 0) is 6.61 Å². The van der Waals surface area contributed by atoms with E-state index in [1.165, 1.54) is 6.07 Å². The second kappa shape index (κ2) is 9.52. The standard InChI is InChI=1S/C26H20FNO2/c27-26-12-5-4-8-21(26)19-29-25-11-6-7-20(17-25)18-28-22-13-15-24(16-14-22)30-23-9-2-1-3-10-23/h1-18H,19H2. The summed E-state index contributed by atoms with van der Waals surface area (Å²) in [6.45, 7) is 0.177. The minimum atomic E-state index is -0.269. The molecule has 0 spiro atoms. The molecule has 0 aliphatic heterocycles. The molecule has 4 aromatic carbocycles.